The molecule has 1 amide bonds. The number of amides is 1. The van der Waals surface area contributed by atoms with E-state index in [0.717, 1.165) is 0 Å². The van der Waals surface area contributed by atoms with Gasteiger partial charge in [0.25, 0.3) is 0 Å². The molecule has 0 fully saturated rings. The summed E-state index contributed by atoms with van der Waals surface area (Å²) in [6.45, 7) is 2.19. The number of carbonyl (C=O) groups is 1. The minimum absolute atomic E-state index is 0.0709. The number of ether oxygens (including phenoxy) is 2. The van der Waals surface area contributed by atoms with Gasteiger partial charge in [-0.25, -0.2) is 0 Å². The molecule has 1 aromatic carbocycles. The second-order valence-electron chi connectivity index (χ2n) is 5.61. The molecule has 1 aromatic rings. The topological polar surface area (TPSA) is 83.4 Å². The molecule has 0 aliphatic heterocycles. The number of alkyl halides is 2. The predicted molar refractivity (Wildman–Crippen MR) is 85.1 cm³/mol. The fourth-order valence-corrected chi connectivity index (χ4v) is 1.79. The van der Waals surface area contributed by atoms with Crippen LogP contribution < -0.4 is 20.1 Å². The molecular weight excluding hydrogens is 320 g/mol. The summed E-state index contributed by atoms with van der Waals surface area (Å²) in [4.78, 5) is 12.0. The third-order valence-electron chi connectivity index (χ3n) is 3.62. The third kappa shape index (κ3) is 5.26. The Labute approximate surface area is 139 Å². The Morgan fingerprint density at radius 1 is 1.38 bits per heavy atom. The zero-order valence-corrected chi connectivity index (χ0v) is 14.0. The number of nitriles is 1. The maximum absolute atomic E-state index is 12.4. The van der Waals surface area contributed by atoms with Gasteiger partial charge in [0, 0.05) is 11.8 Å². The molecule has 0 radical (unpaired) electrons. The Hall–Kier alpha value is -2.56. The van der Waals surface area contributed by atoms with Crippen molar-refractivity contribution in [3.8, 4) is 17.6 Å². The van der Waals surface area contributed by atoms with Crippen LogP contribution in [0.1, 0.15) is 20.8 Å². The largest absolute Gasteiger partial charge is 0.493 e. The van der Waals surface area contributed by atoms with Crippen molar-refractivity contribution in [2.45, 2.75) is 32.9 Å². The van der Waals surface area contributed by atoms with Crippen LogP contribution in [-0.4, -0.2) is 31.7 Å². The number of carbonyl (C=O) groups excluding carboxylic acids is 1. The van der Waals surface area contributed by atoms with Crippen molar-refractivity contribution in [1.29, 1.82) is 5.26 Å². The van der Waals surface area contributed by atoms with Crippen molar-refractivity contribution >= 4 is 11.6 Å². The Bertz CT molecular complexity index is 617. The average Bonchev–Trinajstić information content (AvgIpc) is 2.52. The maximum Gasteiger partial charge on any atom is 0.387 e. The summed E-state index contributed by atoms with van der Waals surface area (Å²) in [5, 5.41) is 14.6. The summed E-state index contributed by atoms with van der Waals surface area (Å²) in [6, 6.07) is 6.40. The molecule has 2 N–H and O–H groups in total. The molecule has 8 heteroatoms. The molecule has 0 heterocycles. The summed E-state index contributed by atoms with van der Waals surface area (Å²) in [7, 11) is 1.34. The standard InChI is InChI=1S/C16H21F2N3O3/c1-10(2)16(3,9-19)21-14(22)8-20-11-5-6-12(23-4)13(7-11)24-15(17)18/h5-7,10,15,20H,8H2,1-4H3,(H,21,22). The zero-order valence-electron chi connectivity index (χ0n) is 14.0. The molecule has 1 atom stereocenters. The first kappa shape index (κ1) is 19.5. The number of nitrogens with one attached hydrogen (secondary N) is 2. The average molecular weight is 341 g/mol. The molecule has 0 bridgehead atoms. The number of anilines is 1. The lowest BCUT2D eigenvalue weighted by molar-refractivity contribution is -0.121. The Kier molecular flexibility index (Phi) is 6.77. The zero-order chi connectivity index (χ0) is 18.3. The summed E-state index contributed by atoms with van der Waals surface area (Å²) >= 11 is 0. The monoisotopic (exact) mass is 341 g/mol. The second kappa shape index (κ2) is 8.34. The molecule has 0 saturated carbocycles. The number of methoxy groups -OCH3 is 1. The lowest BCUT2D eigenvalue weighted by Crippen LogP contribution is -2.50. The number of rotatable bonds is 8. The lowest BCUT2D eigenvalue weighted by atomic mass is 9.90. The third-order valence-corrected chi connectivity index (χ3v) is 3.62. The van der Waals surface area contributed by atoms with E-state index in [1.807, 2.05) is 13.8 Å². The van der Waals surface area contributed by atoms with E-state index in [1.165, 1.54) is 19.2 Å². The number of hydrogen-bond acceptors (Lipinski definition) is 5. The molecular formula is C16H21F2N3O3. The van der Waals surface area contributed by atoms with Crippen LogP contribution in [0, 0.1) is 17.2 Å². The summed E-state index contributed by atoms with van der Waals surface area (Å²) in [5.74, 6) is -0.442. The van der Waals surface area contributed by atoms with Gasteiger partial charge in [-0.15, -0.1) is 0 Å². The van der Waals surface area contributed by atoms with E-state index in [9.17, 15) is 18.8 Å². The molecule has 6 nitrogen and oxygen atoms in total. The van der Waals surface area contributed by atoms with Gasteiger partial charge in [-0.1, -0.05) is 13.8 Å². The van der Waals surface area contributed by atoms with Crippen molar-refractivity contribution in [1.82, 2.24) is 5.32 Å². The number of hydrogen-bond donors (Lipinski definition) is 2. The first-order valence-corrected chi connectivity index (χ1v) is 7.30. The van der Waals surface area contributed by atoms with Gasteiger partial charge in [-0.2, -0.15) is 14.0 Å². The highest BCUT2D eigenvalue weighted by Crippen LogP contribution is 2.31. The normalized spacial score (nSPS) is 13.1. The van der Waals surface area contributed by atoms with Gasteiger partial charge in [0.1, 0.15) is 5.54 Å². The van der Waals surface area contributed by atoms with E-state index >= 15 is 0 Å². The van der Waals surface area contributed by atoms with Gasteiger partial charge < -0.3 is 20.1 Å². The van der Waals surface area contributed by atoms with E-state index in [-0.39, 0.29) is 29.9 Å². The van der Waals surface area contributed by atoms with Crippen LogP contribution >= 0.6 is 0 Å². The van der Waals surface area contributed by atoms with Gasteiger partial charge in [0.05, 0.1) is 19.7 Å². The van der Waals surface area contributed by atoms with Crippen molar-refractivity contribution in [2.75, 3.05) is 19.0 Å². The molecule has 132 valence electrons. The molecule has 24 heavy (non-hydrogen) atoms. The SMILES string of the molecule is COc1ccc(NCC(=O)NC(C)(C#N)C(C)C)cc1OC(F)F. The first-order valence-electron chi connectivity index (χ1n) is 7.30. The molecule has 0 saturated heterocycles. The Balaban J connectivity index is 2.74. The minimum atomic E-state index is -2.99. The molecule has 0 aliphatic carbocycles. The number of halogens is 2. The van der Waals surface area contributed by atoms with Crippen LogP contribution in [-0.2, 0) is 4.79 Å². The van der Waals surface area contributed by atoms with Crippen molar-refractivity contribution < 1.29 is 23.0 Å². The van der Waals surface area contributed by atoms with Gasteiger partial charge >= 0.3 is 6.61 Å². The highest BCUT2D eigenvalue weighted by Gasteiger charge is 2.29. The van der Waals surface area contributed by atoms with Crippen LogP contribution in [0.4, 0.5) is 14.5 Å². The van der Waals surface area contributed by atoms with Gasteiger partial charge in [-0.05, 0) is 25.0 Å². The molecule has 0 spiro atoms. The van der Waals surface area contributed by atoms with E-state index in [0.29, 0.717) is 5.69 Å². The van der Waals surface area contributed by atoms with Crippen LogP contribution in [0.5, 0.6) is 11.5 Å². The fraction of sp³-hybridized carbons (Fsp3) is 0.500. The van der Waals surface area contributed by atoms with E-state index < -0.39 is 12.2 Å². The highest BCUT2D eigenvalue weighted by molar-refractivity contribution is 5.82. The Morgan fingerprint density at radius 3 is 2.54 bits per heavy atom. The predicted octanol–water partition coefficient (Wildman–Crippen LogP) is 2.76. The summed E-state index contributed by atoms with van der Waals surface area (Å²) < 4.78 is 34.1. The van der Waals surface area contributed by atoms with Crippen molar-refractivity contribution in [3.63, 3.8) is 0 Å². The van der Waals surface area contributed by atoms with Crippen LogP contribution in [0.2, 0.25) is 0 Å². The minimum Gasteiger partial charge on any atom is -0.493 e. The van der Waals surface area contributed by atoms with Gasteiger partial charge in [-0.3, -0.25) is 4.79 Å². The molecule has 1 unspecified atom stereocenters. The second-order valence-corrected chi connectivity index (χ2v) is 5.61. The molecule has 0 aliphatic rings. The van der Waals surface area contributed by atoms with E-state index in [4.69, 9.17) is 4.74 Å². The number of benzene rings is 1. The molecule has 1 rings (SSSR count). The van der Waals surface area contributed by atoms with Gasteiger partial charge in [0.15, 0.2) is 11.5 Å². The lowest BCUT2D eigenvalue weighted by Gasteiger charge is -2.27. The summed E-state index contributed by atoms with van der Waals surface area (Å²) in [6.07, 6.45) is 0. The van der Waals surface area contributed by atoms with Crippen LogP contribution in [0.3, 0.4) is 0 Å². The maximum atomic E-state index is 12.4. The van der Waals surface area contributed by atoms with E-state index in [1.54, 1.807) is 13.0 Å². The number of nitrogens with zero attached hydrogens (tertiary/aromatic N) is 1. The summed E-state index contributed by atoms with van der Waals surface area (Å²) in [5.41, 5.74) is -0.576. The van der Waals surface area contributed by atoms with Gasteiger partial charge in [0.2, 0.25) is 5.91 Å². The van der Waals surface area contributed by atoms with E-state index in [2.05, 4.69) is 21.4 Å². The van der Waals surface area contributed by atoms with Crippen LogP contribution in [0.25, 0.3) is 0 Å². The van der Waals surface area contributed by atoms with Crippen molar-refractivity contribution in [3.05, 3.63) is 18.2 Å². The smallest absolute Gasteiger partial charge is 0.387 e. The van der Waals surface area contributed by atoms with Crippen LogP contribution in [0.15, 0.2) is 18.2 Å². The van der Waals surface area contributed by atoms with Crippen molar-refractivity contribution in [2.24, 2.45) is 5.92 Å². The Morgan fingerprint density at radius 2 is 2.04 bits per heavy atom. The highest BCUT2D eigenvalue weighted by atomic mass is 19.3. The fourth-order valence-electron chi connectivity index (χ4n) is 1.79. The first-order chi connectivity index (χ1) is 11.2. The quantitative estimate of drug-likeness (QED) is 0.760. The molecule has 0 aromatic heterocycles.